The quantitative estimate of drug-likeness (QED) is 0.285. The molecule has 10 heteroatoms. The van der Waals surface area contributed by atoms with Crippen LogP contribution in [-0.2, 0) is 0 Å². The number of hydrogen-bond acceptors (Lipinski definition) is 7. The van der Waals surface area contributed by atoms with E-state index in [2.05, 4.69) is 20.5 Å². The summed E-state index contributed by atoms with van der Waals surface area (Å²) in [6.07, 6.45) is 0. The third kappa shape index (κ3) is 3.88. The number of imidazole rings is 1. The number of aromatic amines is 1. The van der Waals surface area contributed by atoms with Crippen LogP contribution in [0.15, 0.2) is 82.3 Å². The predicted octanol–water partition coefficient (Wildman–Crippen LogP) is 3.84. The van der Waals surface area contributed by atoms with Gasteiger partial charge in [-0.05, 0) is 42.5 Å². The monoisotopic (exact) mass is 441 g/mol. The average molecular weight is 441 g/mol. The Morgan fingerprint density at radius 2 is 1.88 bits per heavy atom. The number of nitro groups is 1. The van der Waals surface area contributed by atoms with Crippen LogP contribution in [0.1, 0.15) is 10.4 Å². The first kappa shape index (κ1) is 19.9. The number of carbonyl (C=O) groups is 1. The number of non-ortho nitro benzene ring substituents is 1. The van der Waals surface area contributed by atoms with Gasteiger partial charge in [-0.15, -0.1) is 5.10 Å². The number of nitrogens with one attached hydrogen (secondary N) is 2. The summed E-state index contributed by atoms with van der Waals surface area (Å²) >= 11 is 0. The maximum atomic E-state index is 12.5. The van der Waals surface area contributed by atoms with E-state index in [9.17, 15) is 20.0 Å². The van der Waals surface area contributed by atoms with E-state index in [4.69, 9.17) is 4.42 Å². The molecular formula is C23H15N5O5. The number of fused-ring (bicyclic) bond motifs is 2. The number of nitrogens with zero attached hydrogens (tertiary/aromatic N) is 3. The molecule has 0 aliphatic carbocycles. The van der Waals surface area contributed by atoms with Crippen LogP contribution in [0, 0.1) is 10.1 Å². The van der Waals surface area contributed by atoms with Crippen molar-refractivity contribution in [3.8, 4) is 17.1 Å². The van der Waals surface area contributed by atoms with E-state index in [1.54, 1.807) is 12.1 Å². The first-order valence-corrected chi connectivity index (χ1v) is 9.78. The van der Waals surface area contributed by atoms with Gasteiger partial charge >= 0.3 is 0 Å². The van der Waals surface area contributed by atoms with E-state index in [0.717, 1.165) is 11.0 Å². The average Bonchev–Trinajstić information content (AvgIpc) is 3.26. The molecule has 0 fully saturated rings. The Morgan fingerprint density at radius 3 is 2.64 bits per heavy atom. The summed E-state index contributed by atoms with van der Waals surface area (Å²) in [7, 11) is 0. The highest BCUT2D eigenvalue weighted by Crippen LogP contribution is 2.24. The fraction of sp³-hybridized carbons (Fsp3) is 0. The first-order chi connectivity index (χ1) is 16.0. The lowest BCUT2D eigenvalue weighted by molar-refractivity contribution is -0.384. The van der Waals surface area contributed by atoms with E-state index < -0.39 is 10.8 Å². The Kier molecular flexibility index (Phi) is 4.79. The number of amides is 1. The molecule has 0 spiro atoms. The largest absolute Gasteiger partial charge is 0.508 e. The number of hydrogen-bond donors (Lipinski definition) is 3. The predicted molar refractivity (Wildman–Crippen MR) is 119 cm³/mol. The van der Waals surface area contributed by atoms with E-state index in [-0.39, 0.29) is 22.6 Å². The van der Waals surface area contributed by atoms with Crippen molar-refractivity contribution in [3.63, 3.8) is 0 Å². The zero-order valence-corrected chi connectivity index (χ0v) is 16.9. The molecule has 3 aromatic carbocycles. The van der Waals surface area contributed by atoms with Gasteiger partial charge in [0, 0.05) is 29.1 Å². The van der Waals surface area contributed by atoms with Gasteiger partial charge in [-0.25, -0.2) is 10.4 Å². The number of benzene rings is 3. The van der Waals surface area contributed by atoms with E-state index >= 15 is 0 Å². The molecule has 2 aromatic heterocycles. The SMILES string of the molecule is O=C(NN=c1oc2cc(O)ccc2cc1-c1nc2ccccc2[nH]1)c1ccc([N+](=O)[O-])cc1. The Morgan fingerprint density at radius 1 is 1.09 bits per heavy atom. The van der Waals surface area contributed by atoms with Gasteiger partial charge in [-0.3, -0.25) is 14.9 Å². The van der Waals surface area contributed by atoms with E-state index in [1.807, 2.05) is 24.3 Å². The Hall–Kier alpha value is -4.99. The molecule has 0 bridgehead atoms. The summed E-state index contributed by atoms with van der Waals surface area (Å²) in [6.45, 7) is 0. The van der Waals surface area contributed by atoms with Crippen molar-refractivity contribution in [2.24, 2.45) is 5.10 Å². The van der Waals surface area contributed by atoms with Crippen LogP contribution in [0.3, 0.4) is 0 Å². The molecule has 0 saturated heterocycles. The minimum Gasteiger partial charge on any atom is -0.508 e. The van der Waals surface area contributed by atoms with Gasteiger partial charge in [0.25, 0.3) is 11.6 Å². The van der Waals surface area contributed by atoms with Crippen molar-refractivity contribution in [1.29, 1.82) is 0 Å². The minimum atomic E-state index is -0.577. The van der Waals surface area contributed by atoms with Crippen LogP contribution in [0.4, 0.5) is 5.69 Å². The zero-order valence-electron chi connectivity index (χ0n) is 16.9. The second kappa shape index (κ2) is 7.93. The second-order valence-electron chi connectivity index (χ2n) is 7.15. The van der Waals surface area contributed by atoms with Crippen molar-refractivity contribution < 1.29 is 19.2 Å². The van der Waals surface area contributed by atoms with Gasteiger partial charge in [0.2, 0.25) is 5.55 Å². The summed E-state index contributed by atoms with van der Waals surface area (Å²) in [5.74, 6) is -0.0754. The number of phenolic OH excluding ortho intramolecular Hbond substituents is 1. The number of aromatic nitrogens is 2. The summed E-state index contributed by atoms with van der Waals surface area (Å²) in [4.78, 5) is 30.6. The maximum Gasteiger partial charge on any atom is 0.271 e. The molecule has 0 unspecified atom stereocenters. The summed E-state index contributed by atoms with van der Waals surface area (Å²) in [5, 5.41) is 25.4. The van der Waals surface area contributed by atoms with Crippen LogP contribution in [0.25, 0.3) is 33.4 Å². The highest BCUT2D eigenvalue weighted by atomic mass is 16.6. The van der Waals surface area contributed by atoms with Crippen LogP contribution in [0.5, 0.6) is 5.75 Å². The van der Waals surface area contributed by atoms with E-state index in [0.29, 0.717) is 22.4 Å². The lowest BCUT2D eigenvalue weighted by Gasteiger charge is -2.04. The van der Waals surface area contributed by atoms with Gasteiger partial charge in [-0.1, -0.05) is 12.1 Å². The maximum absolute atomic E-state index is 12.5. The molecular weight excluding hydrogens is 426 g/mol. The van der Waals surface area contributed by atoms with Crippen LogP contribution in [-0.4, -0.2) is 25.9 Å². The highest BCUT2D eigenvalue weighted by molar-refractivity contribution is 5.94. The van der Waals surface area contributed by atoms with Gasteiger partial charge in [-0.2, -0.15) is 0 Å². The number of carbonyl (C=O) groups excluding carboxylic acids is 1. The number of phenols is 1. The molecule has 3 N–H and O–H groups in total. The molecule has 5 aromatic rings. The molecule has 10 nitrogen and oxygen atoms in total. The molecule has 0 saturated carbocycles. The third-order valence-electron chi connectivity index (χ3n) is 4.98. The molecule has 0 aliphatic rings. The lowest BCUT2D eigenvalue weighted by atomic mass is 10.1. The van der Waals surface area contributed by atoms with Crippen LogP contribution in [0.2, 0.25) is 0 Å². The smallest absolute Gasteiger partial charge is 0.271 e. The molecule has 162 valence electrons. The standard InChI is InChI=1S/C23H15N5O5/c29-16-10-7-14-11-17(21-24-18-3-1-2-4-19(18)25-21)23(33-20(14)12-16)27-26-22(30)13-5-8-15(9-6-13)28(31)32/h1-12,29H,(H,24,25)(H,26,30). The number of rotatable bonds is 4. The normalized spacial score (nSPS) is 11.7. The minimum absolute atomic E-state index is 0.0172. The summed E-state index contributed by atoms with van der Waals surface area (Å²) in [5.41, 5.74) is 4.95. The zero-order chi connectivity index (χ0) is 22.9. The Labute approximate surface area is 185 Å². The molecule has 2 heterocycles. The summed E-state index contributed by atoms with van der Waals surface area (Å²) in [6, 6.07) is 19.1. The van der Waals surface area contributed by atoms with Gasteiger partial charge in [0.15, 0.2) is 0 Å². The van der Waals surface area contributed by atoms with Crippen molar-refractivity contribution in [2.75, 3.05) is 0 Å². The fourth-order valence-electron chi connectivity index (χ4n) is 3.34. The third-order valence-corrected chi connectivity index (χ3v) is 4.98. The topological polar surface area (TPSA) is 147 Å². The summed E-state index contributed by atoms with van der Waals surface area (Å²) < 4.78 is 5.87. The Balaban J connectivity index is 1.59. The molecule has 0 aliphatic heterocycles. The van der Waals surface area contributed by atoms with Gasteiger partial charge < -0.3 is 14.5 Å². The molecule has 1 amide bonds. The van der Waals surface area contributed by atoms with Crippen LogP contribution >= 0.6 is 0 Å². The van der Waals surface area contributed by atoms with Crippen molar-refractivity contribution >= 4 is 33.6 Å². The van der Waals surface area contributed by atoms with E-state index in [1.165, 1.54) is 36.4 Å². The first-order valence-electron chi connectivity index (χ1n) is 9.78. The molecule has 5 rings (SSSR count). The highest BCUT2D eigenvalue weighted by Gasteiger charge is 2.13. The van der Waals surface area contributed by atoms with Gasteiger partial charge in [0.1, 0.15) is 17.2 Å². The molecule has 0 radical (unpaired) electrons. The van der Waals surface area contributed by atoms with Crippen molar-refractivity contribution in [1.82, 2.24) is 15.4 Å². The van der Waals surface area contributed by atoms with Gasteiger partial charge in [0.05, 0.1) is 21.5 Å². The number of para-hydroxylation sites is 2. The molecule has 0 atom stereocenters. The number of nitro benzene ring substituents is 1. The Bertz CT molecular complexity index is 1570. The van der Waals surface area contributed by atoms with Crippen LogP contribution < -0.4 is 11.0 Å². The second-order valence-corrected chi connectivity index (χ2v) is 7.15. The fourth-order valence-corrected chi connectivity index (χ4v) is 3.34. The van der Waals surface area contributed by atoms with Crippen molar-refractivity contribution in [2.45, 2.75) is 0 Å². The lowest BCUT2D eigenvalue weighted by Crippen LogP contribution is -2.22. The number of H-pyrrole nitrogens is 1. The number of aromatic hydroxyl groups is 1. The van der Waals surface area contributed by atoms with Crippen molar-refractivity contribution in [3.05, 3.63) is 94.0 Å². The molecule has 33 heavy (non-hydrogen) atoms.